The second-order valence-electron chi connectivity index (χ2n) is 4.52. The van der Waals surface area contributed by atoms with Crippen molar-refractivity contribution in [1.29, 1.82) is 0 Å². The molecule has 0 aliphatic rings. The molecule has 1 aromatic rings. The monoisotopic (exact) mass is 318 g/mol. The highest BCUT2D eigenvalue weighted by molar-refractivity contribution is 9.10. The largest absolute Gasteiger partial charge is 0.341 e. The summed E-state index contributed by atoms with van der Waals surface area (Å²) in [6.45, 7) is 4.90. The summed E-state index contributed by atoms with van der Waals surface area (Å²) in [6, 6.07) is 2.04. The minimum absolute atomic E-state index is 0.0582. The number of carbonyl (C=O) groups excluding carboxylic acids is 1. The fourth-order valence-electron chi connectivity index (χ4n) is 1.40. The highest BCUT2D eigenvalue weighted by Gasteiger charge is 2.17. The molecule has 1 amide bonds. The highest BCUT2D eigenvalue weighted by atomic mass is 79.9. The summed E-state index contributed by atoms with van der Waals surface area (Å²) in [4.78, 5) is 14.6. The van der Waals surface area contributed by atoms with Crippen molar-refractivity contribution in [3.8, 4) is 0 Å². The molecule has 0 spiro atoms. The van der Waals surface area contributed by atoms with E-state index >= 15 is 0 Å². The molecule has 0 radical (unpaired) electrons. The number of nitrogens with two attached hydrogens (primary N) is 1. The number of carbonyl (C=O) groups is 1. The molecule has 0 unspecified atom stereocenters. The average molecular weight is 319 g/mol. The zero-order valence-electron chi connectivity index (χ0n) is 10.4. The van der Waals surface area contributed by atoms with E-state index in [4.69, 9.17) is 5.73 Å². The van der Waals surface area contributed by atoms with Crippen LogP contribution in [0.5, 0.6) is 0 Å². The summed E-state index contributed by atoms with van der Waals surface area (Å²) in [7, 11) is 1.82. The minimum Gasteiger partial charge on any atom is -0.341 e. The Kier molecular flexibility index (Phi) is 5.62. The first-order valence-corrected chi connectivity index (χ1v) is 7.34. The Bertz CT molecular complexity index is 378. The maximum Gasteiger partial charge on any atom is 0.264 e. The highest BCUT2D eigenvalue weighted by Crippen LogP contribution is 2.23. The molecule has 0 fully saturated rings. The average Bonchev–Trinajstić information content (AvgIpc) is 2.70. The third-order valence-electron chi connectivity index (χ3n) is 2.81. The first-order chi connectivity index (χ1) is 7.93. The van der Waals surface area contributed by atoms with Crippen LogP contribution in [0.2, 0.25) is 0 Å². The number of amides is 1. The molecule has 1 atom stereocenters. The third kappa shape index (κ3) is 4.08. The van der Waals surface area contributed by atoms with Gasteiger partial charge in [-0.15, -0.1) is 11.3 Å². The summed E-state index contributed by atoms with van der Waals surface area (Å²) in [5, 5.41) is 1.91. The fourth-order valence-corrected chi connectivity index (χ4v) is 2.93. The summed E-state index contributed by atoms with van der Waals surface area (Å²) < 4.78 is 0.868. The van der Waals surface area contributed by atoms with Gasteiger partial charge in [0.1, 0.15) is 4.88 Å². The Morgan fingerprint density at radius 2 is 2.24 bits per heavy atom. The lowest BCUT2D eigenvalue weighted by molar-refractivity contribution is 0.0793. The van der Waals surface area contributed by atoms with Crippen molar-refractivity contribution in [3.63, 3.8) is 0 Å². The van der Waals surface area contributed by atoms with Gasteiger partial charge in [0.05, 0.1) is 0 Å². The van der Waals surface area contributed by atoms with Gasteiger partial charge in [0.25, 0.3) is 5.91 Å². The van der Waals surface area contributed by atoms with Gasteiger partial charge in [0, 0.05) is 24.1 Å². The van der Waals surface area contributed by atoms with Crippen molar-refractivity contribution in [2.45, 2.75) is 26.3 Å². The van der Waals surface area contributed by atoms with E-state index in [1.54, 1.807) is 4.90 Å². The van der Waals surface area contributed by atoms with Gasteiger partial charge in [0.2, 0.25) is 0 Å². The second-order valence-corrected chi connectivity index (χ2v) is 6.29. The number of nitrogens with zero attached hydrogens (tertiary/aromatic N) is 1. The van der Waals surface area contributed by atoms with Crippen molar-refractivity contribution in [2.24, 2.45) is 11.7 Å². The normalized spacial score (nSPS) is 12.8. The van der Waals surface area contributed by atoms with Crippen LogP contribution in [0.25, 0.3) is 0 Å². The zero-order valence-corrected chi connectivity index (χ0v) is 12.8. The van der Waals surface area contributed by atoms with Gasteiger partial charge in [-0.3, -0.25) is 4.79 Å². The maximum atomic E-state index is 12.1. The SMILES string of the molecule is CC(C)[C@H](N)CCN(C)C(=O)c1sccc1Br. The Labute approximate surface area is 115 Å². The lowest BCUT2D eigenvalue weighted by Gasteiger charge is -2.21. The summed E-state index contributed by atoms with van der Waals surface area (Å²) >= 11 is 4.83. The first kappa shape index (κ1) is 14.7. The van der Waals surface area contributed by atoms with Crippen LogP contribution in [0.3, 0.4) is 0 Å². The van der Waals surface area contributed by atoms with Crippen LogP contribution in [-0.2, 0) is 0 Å². The van der Waals surface area contributed by atoms with Crippen LogP contribution >= 0.6 is 27.3 Å². The van der Waals surface area contributed by atoms with Gasteiger partial charge in [-0.1, -0.05) is 13.8 Å². The lowest BCUT2D eigenvalue weighted by atomic mass is 10.0. The van der Waals surface area contributed by atoms with Crippen molar-refractivity contribution in [1.82, 2.24) is 4.90 Å². The van der Waals surface area contributed by atoms with Gasteiger partial charge < -0.3 is 10.6 Å². The van der Waals surface area contributed by atoms with Crippen molar-refractivity contribution < 1.29 is 4.79 Å². The third-order valence-corrected chi connectivity index (χ3v) is 4.64. The minimum atomic E-state index is 0.0582. The van der Waals surface area contributed by atoms with Gasteiger partial charge in [-0.2, -0.15) is 0 Å². The van der Waals surface area contributed by atoms with Crippen LogP contribution in [-0.4, -0.2) is 30.4 Å². The Balaban J connectivity index is 2.51. The van der Waals surface area contributed by atoms with Crippen LogP contribution in [0.15, 0.2) is 15.9 Å². The van der Waals surface area contributed by atoms with E-state index in [-0.39, 0.29) is 11.9 Å². The van der Waals surface area contributed by atoms with Crippen LogP contribution in [0, 0.1) is 5.92 Å². The molecule has 0 bridgehead atoms. The number of halogens is 1. The molecule has 1 aromatic heterocycles. The topological polar surface area (TPSA) is 46.3 Å². The number of hydrogen-bond acceptors (Lipinski definition) is 3. The Morgan fingerprint density at radius 3 is 2.71 bits per heavy atom. The predicted octanol–water partition coefficient (Wildman–Crippen LogP) is 2.96. The van der Waals surface area contributed by atoms with Gasteiger partial charge in [-0.05, 0) is 39.7 Å². The van der Waals surface area contributed by atoms with Gasteiger partial charge in [0.15, 0.2) is 0 Å². The maximum absolute atomic E-state index is 12.1. The van der Waals surface area contributed by atoms with E-state index in [0.29, 0.717) is 12.5 Å². The standard InChI is InChI=1S/C12H19BrN2OS/c1-8(2)10(14)4-6-15(3)12(16)11-9(13)5-7-17-11/h5,7-8,10H,4,6,14H2,1-3H3/t10-/m1/s1. The molecule has 0 aromatic carbocycles. The molecule has 3 nitrogen and oxygen atoms in total. The molecule has 96 valence electrons. The quantitative estimate of drug-likeness (QED) is 0.907. The van der Waals surface area contributed by atoms with E-state index < -0.39 is 0 Å². The predicted molar refractivity (Wildman–Crippen MR) is 76.4 cm³/mol. The molecule has 0 aliphatic carbocycles. The Morgan fingerprint density at radius 1 is 1.59 bits per heavy atom. The molecule has 1 rings (SSSR count). The summed E-state index contributed by atoms with van der Waals surface area (Å²) in [5.74, 6) is 0.509. The fraction of sp³-hybridized carbons (Fsp3) is 0.583. The van der Waals surface area contributed by atoms with Crippen molar-refractivity contribution in [3.05, 3.63) is 20.8 Å². The molecule has 0 saturated carbocycles. The van der Waals surface area contributed by atoms with Crippen LogP contribution in [0.4, 0.5) is 0 Å². The smallest absolute Gasteiger partial charge is 0.264 e. The van der Waals surface area contributed by atoms with Crippen molar-refractivity contribution in [2.75, 3.05) is 13.6 Å². The molecule has 17 heavy (non-hydrogen) atoms. The molecular weight excluding hydrogens is 300 g/mol. The molecule has 2 N–H and O–H groups in total. The number of hydrogen-bond donors (Lipinski definition) is 1. The van der Waals surface area contributed by atoms with E-state index in [1.807, 2.05) is 18.5 Å². The molecule has 0 aliphatic heterocycles. The van der Waals surface area contributed by atoms with Gasteiger partial charge >= 0.3 is 0 Å². The molecule has 0 saturated heterocycles. The molecule has 5 heteroatoms. The molecule has 1 heterocycles. The van der Waals surface area contributed by atoms with Crippen LogP contribution < -0.4 is 5.73 Å². The van der Waals surface area contributed by atoms with E-state index in [0.717, 1.165) is 15.8 Å². The van der Waals surface area contributed by atoms with E-state index in [2.05, 4.69) is 29.8 Å². The zero-order chi connectivity index (χ0) is 13.0. The molecular formula is C12H19BrN2OS. The number of rotatable bonds is 5. The summed E-state index contributed by atoms with van der Waals surface area (Å²) in [6.07, 6.45) is 0.836. The Hall–Kier alpha value is -0.390. The lowest BCUT2D eigenvalue weighted by Crippen LogP contribution is -2.34. The second kappa shape index (κ2) is 6.52. The van der Waals surface area contributed by atoms with E-state index in [1.165, 1.54) is 11.3 Å². The number of thiophene rings is 1. The van der Waals surface area contributed by atoms with E-state index in [9.17, 15) is 4.79 Å². The van der Waals surface area contributed by atoms with Gasteiger partial charge in [-0.25, -0.2) is 0 Å². The summed E-state index contributed by atoms with van der Waals surface area (Å²) in [5.41, 5.74) is 5.97. The van der Waals surface area contributed by atoms with Crippen molar-refractivity contribution >= 4 is 33.2 Å². The first-order valence-electron chi connectivity index (χ1n) is 5.67. The van der Waals surface area contributed by atoms with Crippen LogP contribution in [0.1, 0.15) is 29.9 Å².